The van der Waals surface area contributed by atoms with Gasteiger partial charge in [-0.05, 0) is 0 Å². The molecule has 0 amide bonds. The number of fused-ring (bicyclic) bond motifs is 1. The lowest BCUT2D eigenvalue weighted by Crippen LogP contribution is -1.82. The first-order valence-electron chi connectivity index (χ1n) is 2.53. The van der Waals surface area contributed by atoms with Crippen molar-refractivity contribution in [1.29, 1.82) is 0 Å². The summed E-state index contributed by atoms with van der Waals surface area (Å²) in [7, 11) is 0. The fraction of sp³-hybridized carbons (Fsp3) is 0. The van der Waals surface area contributed by atoms with Gasteiger partial charge < -0.3 is 10.2 Å². The van der Waals surface area contributed by atoms with Gasteiger partial charge in [0.05, 0.1) is 0 Å². The topological polar surface area (TPSA) is 56.5 Å². The molecule has 0 unspecified atom stereocenters. The van der Waals surface area contributed by atoms with Crippen LogP contribution in [0.4, 0.5) is 5.82 Å². The van der Waals surface area contributed by atoms with Crippen LogP contribution in [-0.2, 0) is 0 Å². The van der Waals surface area contributed by atoms with Gasteiger partial charge in [0.15, 0.2) is 5.82 Å². The number of anilines is 1. The largest absolute Gasteiger partial charge is 0.443 e. The Bertz CT molecular complexity index is 321. The van der Waals surface area contributed by atoms with Crippen molar-refractivity contribution in [2.24, 2.45) is 0 Å². The van der Waals surface area contributed by atoms with Crippen LogP contribution in [0, 0.1) is 0 Å². The first kappa shape index (κ1) is 4.43. The number of nitrogens with two attached hydrogens (primary N) is 1. The minimum atomic E-state index is 0.431. The molecule has 0 atom stereocenters. The number of aromatic nitrogens is 2. The van der Waals surface area contributed by atoms with Crippen LogP contribution in [0.3, 0.4) is 0 Å². The van der Waals surface area contributed by atoms with Crippen molar-refractivity contribution in [3.8, 4) is 0 Å². The molecule has 0 aliphatic heterocycles. The summed E-state index contributed by atoms with van der Waals surface area (Å²) < 4.78 is 6.68. The number of nitrogens with zero attached hydrogens (tertiary/aromatic N) is 2. The molecular formula is C5H5N3O. The van der Waals surface area contributed by atoms with Crippen LogP contribution in [0.15, 0.2) is 23.2 Å². The Balaban J connectivity index is 2.99. The monoisotopic (exact) mass is 123 g/mol. The van der Waals surface area contributed by atoms with Gasteiger partial charge in [0, 0.05) is 6.20 Å². The smallest absolute Gasteiger partial charge is 0.247 e. The summed E-state index contributed by atoms with van der Waals surface area (Å²) in [6.07, 6.45) is 4.92. The first-order chi connectivity index (χ1) is 4.38. The minimum absolute atomic E-state index is 0.431. The van der Waals surface area contributed by atoms with E-state index in [0.717, 1.165) is 0 Å². The van der Waals surface area contributed by atoms with Gasteiger partial charge in [-0.2, -0.15) is 0 Å². The predicted octanol–water partition coefficient (Wildman–Crippen LogP) is 0.510. The van der Waals surface area contributed by atoms with E-state index >= 15 is 0 Å². The normalized spacial score (nSPS) is 10.7. The highest BCUT2D eigenvalue weighted by molar-refractivity contribution is 5.56. The second-order valence-corrected chi connectivity index (χ2v) is 1.75. The lowest BCUT2D eigenvalue weighted by atomic mass is 10.7. The number of rotatable bonds is 0. The van der Waals surface area contributed by atoms with Crippen molar-refractivity contribution in [2.45, 2.75) is 0 Å². The van der Waals surface area contributed by atoms with Crippen LogP contribution >= 0.6 is 0 Å². The maximum absolute atomic E-state index is 5.39. The third-order valence-electron chi connectivity index (χ3n) is 1.18. The maximum atomic E-state index is 5.39. The van der Waals surface area contributed by atoms with Crippen molar-refractivity contribution in [2.75, 3.05) is 5.73 Å². The van der Waals surface area contributed by atoms with E-state index in [1.807, 2.05) is 0 Å². The van der Waals surface area contributed by atoms with E-state index in [4.69, 9.17) is 10.2 Å². The van der Waals surface area contributed by atoms with Gasteiger partial charge in [0.1, 0.15) is 12.6 Å². The van der Waals surface area contributed by atoms with Crippen LogP contribution in [-0.4, -0.2) is 9.38 Å². The molecule has 4 nitrogen and oxygen atoms in total. The molecule has 0 aliphatic rings. The summed E-state index contributed by atoms with van der Waals surface area (Å²) in [5.74, 6) is 0.431. The number of hydrogen-bond donors (Lipinski definition) is 1. The van der Waals surface area contributed by atoms with Crippen LogP contribution in [0.2, 0.25) is 0 Å². The van der Waals surface area contributed by atoms with Gasteiger partial charge in [-0.3, -0.25) is 4.40 Å². The molecule has 0 radical (unpaired) electrons. The van der Waals surface area contributed by atoms with Crippen LogP contribution in [0.1, 0.15) is 0 Å². The van der Waals surface area contributed by atoms with E-state index in [1.54, 1.807) is 23.2 Å². The Morgan fingerprint density at radius 3 is 3.33 bits per heavy atom. The second kappa shape index (κ2) is 1.28. The molecule has 4 heteroatoms. The molecule has 0 fully saturated rings. The summed E-state index contributed by atoms with van der Waals surface area (Å²) in [6.45, 7) is 0. The minimum Gasteiger partial charge on any atom is -0.443 e. The number of oxazole rings is 1. The molecule has 2 rings (SSSR count). The Labute approximate surface area is 50.9 Å². The molecule has 2 N–H and O–H groups in total. The molecule has 0 aliphatic carbocycles. The Morgan fingerprint density at radius 2 is 2.56 bits per heavy atom. The fourth-order valence-corrected chi connectivity index (χ4v) is 0.752. The average molecular weight is 123 g/mol. The standard InChI is InChI=1S/C5H5N3O/c6-4-5-8(3-7-4)1-2-9-5/h1-3H,6H2. The van der Waals surface area contributed by atoms with Gasteiger partial charge in [-0.1, -0.05) is 0 Å². The van der Waals surface area contributed by atoms with E-state index < -0.39 is 0 Å². The van der Waals surface area contributed by atoms with Gasteiger partial charge in [-0.15, -0.1) is 0 Å². The van der Waals surface area contributed by atoms with E-state index in [0.29, 0.717) is 11.5 Å². The second-order valence-electron chi connectivity index (χ2n) is 1.75. The van der Waals surface area contributed by atoms with E-state index in [-0.39, 0.29) is 0 Å². The summed E-state index contributed by atoms with van der Waals surface area (Å²) in [4.78, 5) is 3.80. The molecule has 2 aromatic heterocycles. The third kappa shape index (κ3) is 0.440. The highest BCUT2D eigenvalue weighted by Gasteiger charge is 1.99. The summed E-state index contributed by atoms with van der Waals surface area (Å²) in [6, 6.07) is 0. The number of nitrogen functional groups attached to an aromatic ring is 1. The molecule has 46 valence electrons. The summed E-state index contributed by atoms with van der Waals surface area (Å²) in [5.41, 5.74) is 6.00. The molecule has 2 aromatic rings. The zero-order valence-corrected chi connectivity index (χ0v) is 4.61. The molecule has 0 aromatic carbocycles. The van der Waals surface area contributed by atoms with Crippen LogP contribution in [0.5, 0.6) is 0 Å². The highest BCUT2D eigenvalue weighted by Crippen LogP contribution is 2.09. The maximum Gasteiger partial charge on any atom is 0.247 e. The van der Waals surface area contributed by atoms with Gasteiger partial charge >= 0.3 is 0 Å². The predicted molar refractivity (Wildman–Crippen MR) is 31.9 cm³/mol. The van der Waals surface area contributed by atoms with E-state index in [1.165, 1.54) is 0 Å². The van der Waals surface area contributed by atoms with Crippen molar-refractivity contribution in [3.63, 3.8) is 0 Å². The first-order valence-corrected chi connectivity index (χ1v) is 2.53. The van der Waals surface area contributed by atoms with Gasteiger partial charge in [0.25, 0.3) is 0 Å². The summed E-state index contributed by atoms with van der Waals surface area (Å²) in [5, 5.41) is 0. The molecule has 0 bridgehead atoms. The van der Waals surface area contributed by atoms with Crippen LogP contribution in [0.25, 0.3) is 5.71 Å². The van der Waals surface area contributed by atoms with E-state index in [9.17, 15) is 0 Å². The molecule has 2 heterocycles. The van der Waals surface area contributed by atoms with Crippen molar-refractivity contribution >= 4 is 11.5 Å². The van der Waals surface area contributed by atoms with Gasteiger partial charge in [0.2, 0.25) is 5.71 Å². The quantitative estimate of drug-likeness (QED) is 0.555. The molecule has 0 saturated heterocycles. The Hall–Kier alpha value is -1.45. The molecule has 0 saturated carbocycles. The number of imidazole rings is 1. The molecular weight excluding hydrogens is 118 g/mol. The Kier molecular flexibility index (Phi) is 0.631. The van der Waals surface area contributed by atoms with Crippen LogP contribution < -0.4 is 5.73 Å². The Morgan fingerprint density at radius 1 is 1.67 bits per heavy atom. The molecule has 0 spiro atoms. The fourth-order valence-electron chi connectivity index (χ4n) is 0.752. The highest BCUT2D eigenvalue weighted by atomic mass is 16.3. The van der Waals surface area contributed by atoms with Gasteiger partial charge in [-0.25, -0.2) is 4.98 Å². The SMILES string of the molecule is Nc1ncn2ccoc12. The summed E-state index contributed by atoms with van der Waals surface area (Å²) >= 11 is 0. The lowest BCUT2D eigenvalue weighted by molar-refractivity contribution is 0.609. The van der Waals surface area contributed by atoms with E-state index in [2.05, 4.69) is 4.98 Å². The average Bonchev–Trinajstić information content (AvgIpc) is 2.35. The van der Waals surface area contributed by atoms with Crippen molar-refractivity contribution in [3.05, 3.63) is 18.8 Å². The number of hydrogen-bond acceptors (Lipinski definition) is 3. The lowest BCUT2D eigenvalue weighted by Gasteiger charge is -1.76. The zero-order chi connectivity index (χ0) is 6.27. The molecule has 9 heavy (non-hydrogen) atoms. The van der Waals surface area contributed by atoms with Crippen molar-refractivity contribution in [1.82, 2.24) is 9.38 Å². The zero-order valence-electron chi connectivity index (χ0n) is 4.61. The third-order valence-corrected chi connectivity index (χ3v) is 1.18. The van der Waals surface area contributed by atoms with Crippen molar-refractivity contribution < 1.29 is 4.42 Å².